The Hall–Kier alpha value is -2.90. The van der Waals surface area contributed by atoms with Gasteiger partial charge in [0.15, 0.2) is 0 Å². The first-order valence-corrected chi connectivity index (χ1v) is 8.82. The number of nitrogens with one attached hydrogen (secondary N) is 1. The van der Waals surface area contributed by atoms with E-state index in [0.717, 1.165) is 17.7 Å². The smallest absolute Gasteiger partial charge is 0.419 e. The lowest BCUT2D eigenvalue weighted by Gasteiger charge is -2.38. The molecule has 0 spiro atoms. The Balaban J connectivity index is 1.95. The molecule has 1 atom stereocenters. The van der Waals surface area contributed by atoms with Crippen molar-refractivity contribution < 1.29 is 31.5 Å². The van der Waals surface area contributed by atoms with Gasteiger partial charge in [-0.05, 0) is 44.5 Å². The van der Waals surface area contributed by atoms with Crippen LogP contribution in [0.5, 0.6) is 0 Å². The highest BCUT2D eigenvalue weighted by atomic mass is 19.4. The number of rotatable bonds is 1. The maximum Gasteiger partial charge on any atom is 0.491 e. The van der Waals surface area contributed by atoms with Crippen molar-refractivity contribution in [3.8, 4) is 0 Å². The van der Waals surface area contributed by atoms with E-state index in [1.54, 1.807) is 6.92 Å². The molecule has 1 unspecified atom stereocenters. The van der Waals surface area contributed by atoms with Crippen molar-refractivity contribution in [3.05, 3.63) is 70.0 Å². The van der Waals surface area contributed by atoms with Gasteiger partial charge in [0.1, 0.15) is 17.4 Å². The van der Waals surface area contributed by atoms with Crippen molar-refractivity contribution in [1.82, 2.24) is 5.32 Å². The van der Waals surface area contributed by atoms with Gasteiger partial charge in [-0.3, -0.25) is 0 Å². The summed E-state index contributed by atoms with van der Waals surface area (Å²) in [4.78, 5) is 11.5. The van der Waals surface area contributed by atoms with Gasteiger partial charge in [-0.15, -0.1) is 0 Å². The summed E-state index contributed by atoms with van der Waals surface area (Å²) in [5.41, 5.74) is 0.716. The minimum Gasteiger partial charge on any atom is -0.419 e. The molecule has 1 N–H and O–H groups in total. The topological polar surface area (TPSA) is 38.3 Å². The number of benzene rings is 1. The van der Waals surface area contributed by atoms with Crippen LogP contribution in [0.3, 0.4) is 0 Å². The van der Waals surface area contributed by atoms with Gasteiger partial charge in [-0.25, -0.2) is 13.6 Å². The molecule has 0 saturated carbocycles. The van der Waals surface area contributed by atoms with E-state index in [1.807, 2.05) is 19.9 Å². The predicted octanol–water partition coefficient (Wildman–Crippen LogP) is 5.18. The van der Waals surface area contributed by atoms with Gasteiger partial charge in [-0.2, -0.15) is 13.2 Å². The first kappa shape index (κ1) is 19.4. The number of allylic oxidation sites excluding steroid dienone is 4. The molecular weight excluding hydrogens is 393 g/mol. The second kappa shape index (κ2) is 6.05. The van der Waals surface area contributed by atoms with Crippen LogP contribution in [0.25, 0.3) is 11.3 Å². The van der Waals surface area contributed by atoms with Gasteiger partial charge in [0.05, 0.1) is 5.92 Å². The van der Waals surface area contributed by atoms with E-state index in [4.69, 9.17) is 0 Å². The molecule has 0 radical (unpaired) electrons. The number of hydrogen-bond donors (Lipinski definition) is 1. The van der Waals surface area contributed by atoms with Gasteiger partial charge >= 0.3 is 12.1 Å². The number of esters is 1. The SMILES string of the molecule is CC1=CC(C)(C)NC2=CC3=C(OC(=O)C(F)(F)F)c4cc(F)ccc4C3=C(F)C12. The van der Waals surface area contributed by atoms with Crippen LogP contribution in [0.2, 0.25) is 0 Å². The molecule has 8 heteroatoms. The molecule has 29 heavy (non-hydrogen) atoms. The number of hydrogen-bond acceptors (Lipinski definition) is 3. The zero-order valence-corrected chi connectivity index (χ0v) is 15.7. The lowest BCUT2D eigenvalue weighted by molar-refractivity contribution is -0.192. The second-order valence-electron chi connectivity index (χ2n) is 7.81. The zero-order chi connectivity index (χ0) is 21.3. The Kier molecular flexibility index (Phi) is 4.05. The van der Waals surface area contributed by atoms with Crippen molar-refractivity contribution in [2.75, 3.05) is 0 Å². The number of carbonyl (C=O) groups excluding carboxylic acids is 1. The molecule has 0 saturated heterocycles. The van der Waals surface area contributed by atoms with Crippen LogP contribution in [0, 0.1) is 11.7 Å². The minimum atomic E-state index is -5.25. The van der Waals surface area contributed by atoms with Crippen LogP contribution < -0.4 is 5.32 Å². The maximum atomic E-state index is 15.6. The number of alkyl halides is 3. The Morgan fingerprint density at radius 3 is 2.52 bits per heavy atom. The monoisotopic (exact) mass is 409 g/mol. The summed E-state index contributed by atoms with van der Waals surface area (Å²) in [6, 6.07) is 3.28. The highest BCUT2D eigenvalue weighted by molar-refractivity contribution is 6.04. The van der Waals surface area contributed by atoms with E-state index in [-0.39, 0.29) is 22.3 Å². The lowest BCUT2D eigenvalue weighted by Crippen LogP contribution is -2.44. The number of fused-ring (bicyclic) bond motifs is 4. The molecule has 0 bridgehead atoms. The van der Waals surface area contributed by atoms with Gasteiger partial charge in [-0.1, -0.05) is 17.7 Å². The lowest BCUT2D eigenvalue weighted by atomic mass is 9.79. The van der Waals surface area contributed by atoms with E-state index >= 15 is 4.39 Å². The summed E-state index contributed by atoms with van der Waals surface area (Å²) in [5, 5.41) is 3.15. The summed E-state index contributed by atoms with van der Waals surface area (Å²) in [6.45, 7) is 5.49. The van der Waals surface area contributed by atoms with Crippen molar-refractivity contribution in [2.24, 2.45) is 5.92 Å². The average Bonchev–Trinajstić information content (AvgIpc) is 2.86. The second-order valence-corrected chi connectivity index (χ2v) is 7.81. The van der Waals surface area contributed by atoms with Crippen LogP contribution in [0.15, 0.2) is 53.0 Å². The Labute approximate surface area is 163 Å². The quantitative estimate of drug-likeness (QED) is 0.395. The highest BCUT2D eigenvalue weighted by Gasteiger charge is 2.45. The summed E-state index contributed by atoms with van der Waals surface area (Å²) in [6.07, 6.45) is -1.91. The first-order chi connectivity index (χ1) is 13.4. The molecule has 2 aliphatic carbocycles. The normalized spacial score (nSPS) is 22.3. The van der Waals surface area contributed by atoms with Crippen LogP contribution in [-0.4, -0.2) is 17.7 Å². The molecule has 0 aromatic heterocycles. The number of halogens is 5. The van der Waals surface area contributed by atoms with Crippen LogP contribution in [0.1, 0.15) is 31.9 Å². The van der Waals surface area contributed by atoms with Crippen molar-refractivity contribution >= 4 is 17.3 Å². The third-order valence-electron chi connectivity index (χ3n) is 5.05. The van der Waals surface area contributed by atoms with Crippen molar-refractivity contribution in [1.29, 1.82) is 0 Å². The molecule has 4 rings (SSSR count). The Morgan fingerprint density at radius 1 is 1.17 bits per heavy atom. The molecule has 0 amide bonds. The first-order valence-electron chi connectivity index (χ1n) is 8.82. The summed E-state index contributed by atoms with van der Waals surface area (Å²) < 4.78 is 72.3. The highest BCUT2D eigenvalue weighted by Crippen LogP contribution is 2.52. The van der Waals surface area contributed by atoms with E-state index < -0.39 is 41.0 Å². The molecule has 3 nitrogen and oxygen atoms in total. The van der Waals surface area contributed by atoms with Crippen LogP contribution >= 0.6 is 0 Å². The summed E-state index contributed by atoms with van der Waals surface area (Å²) >= 11 is 0. The number of carbonyl (C=O) groups is 1. The van der Waals surface area contributed by atoms with E-state index in [0.29, 0.717) is 5.70 Å². The van der Waals surface area contributed by atoms with Crippen molar-refractivity contribution in [3.63, 3.8) is 0 Å². The average molecular weight is 409 g/mol. The molecule has 0 fully saturated rings. The number of ether oxygens (including phenoxy) is 1. The fourth-order valence-electron chi connectivity index (χ4n) is 4.12. The standard InChI is InChI=1S/C21H16F5NO2/c1-9-8-20(2,3)27-14-7-13-16(17(23)15(9)14)11-5-4-10(22)6-12(11)18(13)29-19(28)21(24,25)26/h4-8,15,27H,1-3H3. The van der Waals surface area contributed by atoms with E-state index in [1.165, 1.54) is 12.1 Å². The van der Waals surface area contributed by atoms with Gasteiger partial charge in [0.25, 0.3) is 0 Å². The van der Waals surface area contributed by atoms with Gasteiger partial charge in [0, 0.05) is 27.9 Å². The molecule has 1 heterocycles. The van der Waals surface area contributed by atoms with E-state index in [9.17, 15) is 22.4 Å². The molecule has 3 aliphatic rings. The van der Waals surface area contributed by atoms with E-state index in [2.05, 4.69) is 10.1 Å². The summed E-state index contributed by atoms with van der Waals surface area (Å²) in [7, 11) is 0. The molecule has 1 aromatic carbocycles. The molecular formula is C21H16F5NO2. The van der Waals surface area contributed by atoms with Crippen LogP contribution in [0.4, 0.5) is 22.0 Å². The third kappa shape index (κ3) is 3.07. The largest absolute Gasteiger partial charge is 0.491 e. The maximum absolute atomic E-state index is 15.6. The zero-order valence-electron chi connectivity index (χ0n) is 15.7. The fourth-order valence-corrected chi connectivity index (χ4v) is 4.12. The molecule has 1 aliphatic heterocycles. The van der Waals surface area contributed by atoms with Crippen LogP contribution in [-0.2, 0) is 9.53 Å². The summed E-state index contributed by atoms with van der Waals surface area (Å²) in [5.74, 6) is -5.04. The Bertz CT molecular complexity index is 1070. The Morgan fingerprint density at radius 2 is 1.86 bits per heavy atom. The molecule has 1 aromatic rings. The van der Waals surface area contributed by atoms with Gasteiger partial charge in [0.2, 0.25) is 0 Å². The van der Waals surface area contributed by atoms with Gasteiger partial charge < -0.3 is 10.1 Å². The third-order valence-corrected chi connectivity index (χ3v) is 5.05. The minimum absolute atomic E-state index is 0.00739. The predicted molar refractivity (Wildman–Crippen MR) is 96.0 cm³/mol. The fraction of sp³-hybridized carbons (Fsp3) is 0.286. The van der Waals surface area contributed by atoms with Crippen molar-refractivity contribution in [2.45, 2.75) is 32.5 Å². The molecule has 152 valence electrons.